The Morgan fingerprint density at radius 3 is 2.35 bits per heavy atom. The third-order valence-electron chi connectivity index (χ3n) is 2.54. The number of hydrogen-bond donors (Lipinski definition) is 1. The van der Waals surface area contributed by atoms with Gasteiger partial charge in [0.2, 0.25) is 10.0 Å². The summed E-state index contributed by atoms with van der Waals surface area (Å²) in [6, 6.07) is 10.9. The normalized spacial score (nSPS) is 11.3. The molecule has 0 radical (unpaired) electrons. The lowest BCUT2D eigenvalue weighted by Crippen LogP contribution is -2.12. The molecule has 7 heteroatoms. The van der Waals surface area contributed by atoms with E-state index in [1.165, 1.54) is 12.1 Å². The van der Waals surface area contributed by atoms with Crippen molar-refractivity contribution in [2.24, 2.45) is 5.14 Å². The van der Waals surface area contributed by atoms with Crippen LogP contribution in [0, 0.1) is 9.39 Å². The van der Waals surface area contributed by atoms with Crippen LogP contribution in [-0.2, 0) is 16.6 Å². The molecule has 0 heterocycles. The summed E-state index contributed by atoms with van der Waals surface area (Å²) < 4.78 is 42.3. The molecule has 0 atom stereocenters. The van der Waals surface area contributed by atoms with Crippen LogP contribution < -0.4 is 9.88 Å². The Morgan fingerprint density at radius 2 is 1.80 bits per heavy atom. The first-order chi connectivity index (χ1) is 9.36. The van der Waals surface area contributed by atoms with Gasteiger partial charge in [-0.2, -0.15) is 0 Å². The molecule has 0 aromatic heterocycles. The second-order valence-corrected chi connectivity index (χ2v) is 6.86. The molecule has 0 unspecified atom stereocenters. The molecular formula is C13H11FINO3S. The Balaban J connectivity index is 2.12. The maximum absolute atomic E-state index is 13.7. The van der Waals surface area contributed by atoms with Crippen LogP contribution in [0.15, 0.2) is 47.4 Å². The number of sulfonamides is 1. The zero-order chi connectivity index (χ0) is 14.8. The molecule has 0 fully saturated rings. The largest absolute Gasteiger partial charge is 0.486 e. The lowest BCUT2D eigenvalue weighted by atomic mass is 10.2. The summed E-state index contributed by atoms with van der Waals surface area (Å²) in [6.07, 6.45) is 0. The minimum Gasteiger partial charge on any atom is -0.486 e. The predicted octanol–water partition coefficient (Wildman–Crippen LogP) is 2.66. The van der Waals surface area contributed by atoms with Crippen LogP contribution in [0.4, 0.5) is 4.39 Å². The zero-order valence-corrected chi connectivity index (χ0v) is 13.2. The number of halogens is 2. The van der Waals surface area contributed by atoms with E-state index in [9.17, 15) is 12.8 Å². The van der Waals surface area contributed by atoms with Crippen molar-refractivity contribution in [3.05, 3.63) is 57.4 Å². The van der Waals surface area contributed by atoms with E-state index in [1.807, 2.05) is 24.3 Å². The summed E-state index contributed by atoms with van der Waals surface area (Å²) in [5.74, 6) is -0.780. The molecule has 106 valence electrons. The van der Waals surface area contributed by atoms with Gasteiger partial charge in [-0.15, -0.1) is 0 Å². The third kappa shape index (κ3) is 3.90. The molecule has 0 saturated heterocycles. The first kappa shape index (κ1) is 15.2. The molecule has 0 aliphatic rings. The molecule has 4 nitrogen and oxygen atoms in total. The number of hydrogen-bond acceptors (Lipinski definition) is 3. The molecule has 2 aromatic carbocycles. The minimum atomic E-state index is -3.91. The van der Waals surface area contributed by atoms with Crippen LogP contribution in [0.25, 0.3) is 0 Å². The molecule has 0 aliphatic heterocycles. The SMILES string of the molecule is NS(=O)(=O)c1ccc(OCc2ccc(I)cc2)c(F)c1. The van der Waals surface area contributed by atoms with Gasteiger partial charge in [-0.3, -0.25) is 0 Å². The highest BCUT2D eigenvalue weighted by Crippen LogP contribution is 2.21. The van der Waals surface area contributed by atoms with Crippen molar-refractivity contribution in [3.63, 3.8) is 0 Å². The molecule has 2 aromatic rings. The minimum absolute atomic E-state index is 0.0176. The monoisotopic (exact) mass is 407 g/mol. The van der Waals surface area contributed by atoms with Crippen molar-refractivity contribution in [2.75, 3.05) is 0 Å². The molecule has 0 spiro atoms. The molecule has 0 saturated carbocycles. The standard InChI is InChI=1S/C13H11FINO3S/c14-12-7-11(20(16,17)18)5-6-13(12)19-8-9-1-3-10(15)4-2-9/h1-7H,8H2,(H2,16,17,18). The molecule has 0 bridgehead atoms. The summed E-state index contributed by atoms with van der Waals surface area (Å²) in [5, 5.41) is 4.92. The summed E-state index contributed by atoms with van der Waals surface area (Å²) in [5.41, 5.74) is 0.889. The summed E-state index contributed by atoms with van der Waals surface area (Å²) in [4.78, 5) is -0.281. The zero-order valence-electron chi connectivity index (χ0n) is 10.2. The second-order valence-electron chi connectivity index (χ2n) is 4.05. The maximum atomic E-state index is 13.7. The number of nitrogens with two attached hydrogens (primary N) is 1. The predicted molar refractivity (Wildman–Crippen MR) is 81.3 cm³/mol. The number of ether oxygens (including phenoxy) is 1. The second kappa shape index (κ2) is 6.06. The van der Waals surface area contributed by atoms with E-state index in [-0.39, 0.29) is 17.3 Å². The lowest BCUT2D eigenvalue weighted by molar-refractivity contribution is 0.290. The topological polar surface area (TPSA) is 69.4 Å². The maximum Gasteiger partial charge on any atom is 0.238 e. The molecule has 0 amide bonds. The summed E-state index contributed by atoms with van der Waals surface area (Å²) in [6.45, 7) is 0.197. The van der Waals surface area contributed by atoms with Crippen molar-refractivity contribution in [1.29, 1.82) is 0 Å². The summed E-state index contributed by atoms with van der Waals surface area (Å²) in [7, 11) is -3.91. The number of benzene rings is 2. The highest BCUT2D eigenvalue weighted by Gasteiger charge is 2.12. The molecule has 2 rings (SSSR count). The van der Waals surface area contributed by atoms with Crippen molar-refractivity contribution in [1.82, 2.24) is 0 Å². The van der Waals surface area contributed by atoms with Crippen molar-refractivity contribution in [2.45, 2.75) is 11.5 Å². The summed E-state index contributed by atoms with van der Waals surface area (Å²) >= 11 is 2.18. The van der Waals surface area contributed by atoms with Gasteiger partial charge in [-0.05, 0) is 58.5 Å². The Hall–Kier alpha value is -1.19. The van der Waals surface area contributed by atoms with E-state index < -0.39 is 15.8 Å². The van der Waals surface area contributed by atoms with E-state index in [0.29, 0.717) is 0 Å². The third-order valence-corrected chi connectivity index (χ3v) is 4.17. The van der Waals surface area contributed by atoms with Crippen LogP contribution in [0.1, 0.15) is 5.56 Å². The molecule has 2 N–H and O–H groups in total. The van der Waals surface area contributed by atoms with E-state index in [0.717, 1.165) is 15.2 Å². The van der Waals surface area contributed by atoms with Crippen LogP contribution in [0.2, 0.25) is 0 Å². The van der Waals surface area contributed by atoms with Crippen molar-refractivity contribution < 1.29 is 17.5 Å². The Kier molecular flexibility index (Phi) is 4.61. The van der Waals surface area contributed by atoms with Gasteiger partial charge >= 0.3 is 0 Å². The quantitative estimate of drug-likeness (QED) is 0.793. The smallest absolute Gasteiger partial charge is 0.238 e. The van der Waals surface area contributed by atoms with Gasteiger partial charge < -0.3 is 4.74 Å². The molecular weight excluding hydrogens is 396 g/mol. The molecule has 20 heavy (non-hydrogen) atoms. The highest BCUT2D eigenvalue weighted by atomic mass is 127. The number of rotatable bonds is 4. The van der Waals surface area contributed by atoms with Gasteiger partial charge in [0.25, 0.3) is 0 Å². The van der Waals surface area contributed by atoms with E-state index in [2.05, 4.69) is 22.6 Å². The van der Waals surface area contributed by atoms with Crippen LogP contribution in [-0.4, -0.2) is 8.42 Å². The lowest BCUT2D eigenvalue weighted by Gasteiger charge is -2.08. The van der Waals surface area contributed by atoms with Gasteiger partial charge in [0.1, 0.15) is 6.61 Å². The first-order valence-electron chi connectivity index (χ1n) is 5.56. The Labute approximate surface area is 129 Å². The van der Waals surface area contributed by atoms with E-state index in [4.69, 9.17) is 9.88 Å². The van der Waals surface area contributed by atoms with Gasteiger partial charge in [-0.1, -0.05) is 12.1 Å². The van der Waals surface area contributed by atoms with Crippen molar-refractivity contribution in [3.8, 4) is 5.75 Å². The highest BCUT2D eigenvalue weighted by molar-refractivity contribution is 14.1. The van der Waals surface area contributed by atoms with Gasteiger partial charge in [0.05, 0.1) is 4.90 Å². The average Bonchev–Trinajstić information content (AvgIpc) is 2.38. The van der Waals surface area contributed by atoms with Crippen LogP contribution in [0.5, 0.6) is 5.75 Å². The number of primary sulfonamides is 1. The Bertz CT molecular complexity index is 717. The van der Waals surface area contributed by atoms with Gasteiger partial charge in [-0.25, -0.2) is 17.9 Å². The van der Waals surface area contributed by atoms with Crippen LogP contribution in [0.3, 0.4) is 0 Å². The van der Waals surface area contributed by atoms with Crippen molar-refractivity contribution >= 4 is 32.6 Å². The molecule has 0 aliphatic carbocycles. The fourth-order valence-corrected chi connectivity index (χ4v) is 2.40. The van der Waals surface area contributed by atoms with E-state index in [1.54, 1.807) is 0 Å². The van der Waals surface area contributed by atoms with Gasteiger partial charge in [0, 0.05) is 3.57 Å². The fraction of sp³-hybridized carbons (Fsp3) is 0.0769. The first-order valence-corrected chi connectivity index (χ1v) is 8.18. The Morgan fingerprint density at radius 1 is 1.15 bits per heavy atom. The average molecular weight is 407 g/mol. The fourth-order valence-electron chi connectivity index (χ4n) is 1.52. The van der Waals surface area contributed by atoms with Crippen LogP contribution >= 0.6 is 22.6 Å². The van der Waals surface area contributed by atoms with E-state index >= 15 is 0 Å². The van der Waals surface area contributed by atoms with Gasteiger partial charge in [0.15, 0.2) is 11.6 Å².